The van der Waals surface area contributed by atoms with Crippen molar-refractivity contribution >= 4 is 11.7 Å². The molecule has 13 heteroatoms. The van der Waals surface area contributed by atoms with Crippen LogP contribution in [0.1, 0.15) is 391 Å². The Kier molecular flexibility index (Phi) is 38.9. The van der Waals surface area contributed by atoms with Gasteiger partial charge in [-0.3, -0.25) is 48.8 Å². The molecule has 0 radical (unpaired) electrons. The summed E-state index contributed by atoms with van der Waals surface area (Å²) in [4.78, 5) is 53.2. The van der Waals surface area contributed by atoms with Crippen LogP contribution in [0.5, 0.6) is 0 Å². The molecule has 2 unspecified atom stereocenters. The van der Waals surface area contributed by atoms with Crippen LogP contribution in [0, 0.1) is 78.8 Å². The summed E-state index contributed by atoms with van der Waals surface area (Å²) >= 11 is 0. The molecule has 11 heterocycles. The Morgan fingerprint density at radius 2 is 0.622 bits per heavy atom. The summed E-state index contributed by atoms with van der Waals surface area (Å²) in [7, 11) is 0. The summed E-state index contributed by atoms with van der Waals surface area (Å²) in [6, 6.07) is 0.850. The van der Waals surface area contributed by atoms with Gasteiger partial charge < -0.3 is 14.7 Å². The molecule has 2 atom stereocenters. The second kappa shape index (κ2) is 43.4. The zero-order valence-corrected chi connectivity index (χ0v) is 87.0. The lowest BCUT2D eigenvalue weighted by atomic mass is 9.71. The molecule has 11 aliphatic rings. The SMILES string of the molecule is CC(C)(C)C(=O)CCCCCCCC(=O)N1CCC(C(C)(C)C)CC1.CC(C)(C)CN1CC(N2CCC(C(C)(C)C)CC2)C1.CC(C)(C)CN1CCC2CCN(C(C)(C)C)CC2C1.CC(C)(C)CN1CCCC2(CCN(C(C)(C)C)CC2)C1.CC(C)(C)N1CCC2(CC1)CCN(C(C)(C)C)C2.CC(C)(C)N1CCC2CCN(C(C)(C)C)CC2C1. The van der Waals surface area contributed by atoms with Crippen LogP contribution in [0.4, 0.5) is 0 Å². The number of carbonyl (C=O) groups is 2. The first kappa shape index (κ1) is 107. The normalized spacial score (nSPS) is 26.0. The van der Waals surface area contributed by atoms with Crippen LogP contribution in [0.2, 0.25) is 0 Å². The molecule has 11 saturated heterocycles. The molecule has 0 aliphatic carbocycles. The third kappa shape index (κ3) is 36.7. The molecule has 11 aliphatic heterocycles. The van der Waals surface area contributed by atoms with E-state index in [0.29, 0.717) is 95.7 Å². The zero-order chi connectivity index (χ0) is 89.8. The Morgan fingerprint density at radius 1 is 0.286 bits per heavy atom. The van der Waals surface area contributed by atoms with Crippen molar-refractivity contribution in [1.29, 1.82) is 0 Å². The fourth-order valence-corrected chi connectivity index (χ4v) is 22.5. The first-order chi connectivity index (χ1) is 54.2. The van der Waals surface area contributed by atoms with Gasteiger partial charge in [-0.1, -0.05) is 144 Å². The molecule has 119 heavy (non-hydrogen) atoms. The van der Waals surface area contributed by atoms with Gasteiger partial charge >= 0.3 is 0 Å². The van der Waals surface area contributed by atoms with Crippen LogP contribution < -0.4 is 0 Å². The number of piperidine rings is 9. The van der Waals surface area contributed by atoms with Gasteiger partial charge in [0.1, 0.15) is 5.78 Å². The number of carbonyl (C=O) groups excluding carboxylic acids is 2. The van der Waals surface area contributed by atoms with Crippen LogP contribution >= 0.6 is 0 Å². The van der Waals surface area contributed by atoms with E-state index in [4.69, 9.17) is 0 Å². The molecule has 0 bridgehead atoms. The van der Waals surface area contributed by atoms with E-state index >= 15 is 0 Å². The van der Waals surface area contributed by atoms with Crippen molar-refractivity contribution < 1.29 is 9.59 Å². The second-order valence-electron chi connectivity index (χ2n) is 54.4. The number of ketones is 1. The van der Waals surface area contributed by atoms with Gasteiger partial charge in [0.25, 0.3) is 0 Å². The van der Waals surface area contributed by atoms with Gasteiger partial charge in [-0.2, -0.15) is 0 Å². The van der Waals surface area contributed by atoms with Crippen molar-refractivity contribution in [2.75, 3.05) is 164 Å². The van der Waals surface area contributed by atoms with Crippen molar-refractivity contribution in [3.05, 3.63) is 0 Å². The molecule has 0 aromatic heterocycles. The maximum Gasteiger partial charge on any atom is 0.222 e. The highest BCUT2D eigenvalue weighted by atomic mass is 16.2. The summed E-state index contributed by atoms with van der Waals surface area (Å²) in [5.74, 6) is 6.16. The fourth-order valence-electron chi connectivity index (χ4n) is 22.5. The maximum atomic E-state index is 12.3. The van der Waals surface area contributed by atoms with Crippen LogP contribution in [0.25, 0.3) is 0 Å². The number of hydrogen-bond donors (Lipinski definition) is 0. The molecule has 0 aromatic carbocycles. The van der Waals surface area contributed by atoms with E-state index in [9.17, 15) is 9.59 Å². The molecule has 11 rings (SSSR count). The summed E-state index contributed by atoms with van der Waals surface area (Å²) in [5, 5.41) is 0. The van der Waals surface area contributed by atoms with Gasteiger partial charge in [0.05, 0.1) is 0 Å². The third-order valence-corrected chi connectivity index (χ3v) is 30.8. The number of amides is 1. The van der Waals surface area contributed by atoms with E-state index in [1.165, 1.54) is 234 Å². The largest absolute Gasteiger partial charge is 0.343 e. The van der Waals surface area contributed by atoms with Gasteiger partial charge in [-0.15, -0.1) is 0 Å². The smallest absolute Gasteiger partial charge is 0.222 e. The van der Waals surface area contributed by atoms with E-state index in [1.54, 1.807) is 0 Å². The molecule has 0 N–H and O–H groups in total. The number of nitrogens with zero attached hydrogens (tertiary/aromatic N) is 11. The van der Waals surface area contributed by atoms with Gasteiger partial charge in [0.2, 0.25) is 5.91 Å². The monoisotopic (exact) mass is 1670 g/mol. The Hall–Kier alpha value is -1.26. The van der Waals surface area contributed by atoms with E-state index in [-0.39, 0.29) is 5.41 Å². The average molecular weight is 1670 g/mol. The number of rotatable bonds is 12. The van der Waals surface area contributed by atoms with Crippen LogP contribution in [-0.2, 0) is 9.59 Å². The Balaban J connectivity index is 0.000000222. The van der Waals surface area contributed by atoms with E-state index in [2.05, 4.69) is 282 Å². The fraction of sp³-hybridized carbons (Fsp3) is 0.981. The van der Waals surface area contributed by atoms with Gasteiger partial charge in [0, 0.05) is 143 Å². The standard InChI is InChI=1S/C22H41NO2.C18H36N2.2C17H34N2.2C16H32N2/c1-21(2,3)18-14-16-23(17-15-18)20(25)13-11-9-7-8-10-12-19(24)22(4,5)6;1-16(2,3)14-19-11-7-8-18(15-19)9-12-20(13-10-18)17(4,5)6;1-16(2,3)13-18-11-15(12-18)19-9-7-14(8-10-19)17(4,5)6;1-16(2,3)13-18-9-7-14-8-10-19(17(4,5)6)12-15(14)11-18;1-14(2,3)17-10-7-16(8-11-17)9-12-18(13-16)15(4,5)6;1-15(2,3)17-9-7-13-8-10-18(16(4,5)6)12-14(13)11-17/h18H,7-17H2,1-6H3;7-15H2,1-6H3;2*14-15H,7-13H2,1-6H3;7-13H2,1-6H3;13-14H,7-12H2,1-6H3. The number of hydrogen-bond acceptors (Lipinski definition) is 12. The average Bonchev–Trinajstić information content (AvgIpc) is 1.74. The van der Waals surface area contributed by atoms with Crippen molar-refractivity contribution in [3.8, 4) is 0 Å². The van der Waals surface area contributed by atoms with Crippen LogP contribution in [0.15, 0.2) is 0 Å². The lowest BCUT2D eigenvalue weighted by molar-refractivity contribution is -0.133. The zero-order valence-electron chi connectivity index (χ0n) is 87.0. The molecule has 1 amide bonds. The minimum absolute atomic E-state index is 0.202. The lowest BCUT2D eigenvalue weighted by Crippen LogP contribution is -2.62. The number of unbranched alkanes of at least 4 members (excludes halogenated alkanes) is 4. The molecular weight excluding hydrogens is 1460 g/mol. The molecule has 13 nitrogen and oxygen atoms in total. The summed E-state index contributed by atoms with van der Waals surface area (Å²) < 4.78 is 0. The summed E-state index contributed by atoms with van der Waals surface area (Å²) in [6.07, 6.45) is 27.4. The van der Waals surface area contributed by atoms with Crippen molar-refractivity contribution in [3.63, 3.8) is 0 Å². The van der Waals surface area contributed by atoms with E-state index < -0.39 is 0 Å². The highest BCUT2D eigenvalue weighted by Gasteiger charge is 2.47. The highest BCUT2D eigenvalue weighted by molar-refractivity contribution is 5.83. The molecule has 2 spiro atoms. The van der Waals surface area contributed by atoms with Crippen LogP contribution in [0.3, 0.4) is 0 Å². The first-order valence-corrected chi connectivity index (χ1v) is 50.4. The van der Waals surface area contributed by atoms with Crippen molar-refractivity contribution in [1.82, 2.24) is 53.9 Å². The molecule has 11 fully saturated rings. The van der Waals surface area contributed by atoms with E-state index in [0.717, 1.165) is 99.6 Å². The Morgan fingerprint density at radius 3 is 0.992 bits per heavy atom. The Labute approximate surface area is 743 Å². The maximum absolute atomic E-state index is 12.3. The quantitative estimate of drug-likeness (QED) is 0.175. The van der Waals surface area contributed by atoms with Gasteiger partial charge in [0.15, 0.2) is 0 Å². The molecule has 0 saturated carbocycles. The second-order valence-corrected chi connectivity index (χ2v) is 54.4. The van der Waals surface area contributed by atoms with Crippen molar-refractivity contribution in [2.24, 2.45) is 78.8 Å². The first-order valence-electron chi connectivity index (χ1n) is 50.4. The number of Topliss-reactive ketones (excluding diaryl/α,β-unsaturated/α-hetero) is 1. The van der Waals surface area contributed by atoms with Crippen molar-refractivity contribution in [2.45, 2.75) is 430 Å². The predicted molar refractivity (Wildman–Crippen MR) is 518 cm³/mol. The highest BCUT2D eigenvalue weighted by Crippen LogP contribution is 2.46. The topological polar surface area (TPSA) is 69.8 Å². The lowest BCUT2D eigenvalue weighted by Gasteiger charge is -2.51. The van der Waals surface area contributed by atoms with Gasteiger partial charge in [-0.05, 0) is 386 Å². The Bertz CT molecular complexity index is 2880. The number of fused-ring (bicyclic) bond motifs is 2. The number of likely N-dealkylation sites (tertiary alicyclic amines) is 11. The summed E-state index contributed by atoms with van der Waals surface area (Å²) in [6.45, 7) is 116. The van der Waals surface area contributed by atoms with Crippen LogP contribution in [-0.4, -0.2) is 268 Å². The third-order valence-electron chi connectivity index (χ3n) is 30.8. The minimum atomic E-state index is -0.202. The molecule has 700 valence electrons. The predicted octanol–water partition coefficient (Wildman–Crippen LogP) is 23.2. The molecule has 0 aromatic rings. The van der Waals surface area contributed by atoms with E-state index in [1.807, 2.05) is 20.8 Å². The molecular formula is C106H209N11O2. The summed E-state index contributed by atoms with van der Waals surface area (Å²) in [5.41, 5.74) is 5.33. The minimum Gasteiger partial charge on any atom is -0.343 e. The van der Waals surface area contributed by atoms with Gasteiger partial charge in [-0.25, -0.2) is 0 Å².